The molecule has 46 valence electrons. The molecule has 1 heteroatoms. The molecule has 0 spiro atoms. The van der Waals surface area contributed by atoms with Gasteiger partial charge in [-0.1, -0.05) is 20.3 Å². The Morgan fingerprint density at radius 1 is 1.62 bits per heavy atom. The fourth-order valence-electron chi connectivity index (χ4n) is 0.740. The van der Waals surface area contributed by atoms with E-state index in [1.165, 1.54) is 12.8 Å². The average Bonchev–Trinajstić information content (AvgIpc) is 1.68. The number of hydrogen-bond acceptors (Lipinski definition) is 0. The van der Waals surface area contributed by atoms with Crippen LogP contribution < -0.4 is 0 Å². The second-order valence-corrected chi connectivity index (χ2v) is 2.23. The largest absolute Gasteiger partial charge is 0.317 e. The first kappa shape index (κ1) is 7.49. The zero-order chi connectivity index (χ0) is 6.41. The van der Waals surface area contributed by atoms with E-state index in [2.05, 4.69) is 18.7 Å². The van der Waals surface area contributed by atoms with Crippen LogP contribution in [-0.2, 0) is 0 Å². The van der Waals surface area contributed by atoms with Crippen molar-refractivity contribution in [1.29, 1.82) is 0 Å². The standard InChI is InChI=1S/C7H13N/c1-4-5-7(2)6-8-3/h7H,4-6H2,1-2H3. The number of hydrogen-bond donors (Lipinski definition) is 0. The monoisotopic (exact) mass is 111 g/mol. The second kappa shape index (κ2) is 4.64. The molecule has 0 radical (unpaired) electrons. The molecule has 0 amide bonds. The lowest BCUT2D eigenvalue weighted by molar-refractivity contribution is 0.563. The van der Waals surface area contributed by atoms with E-state index in [0.717, 1.165) is 0 Å². The SMILES string of the molecule is [C-]#[N+]CC(C)CCC. The fraction of sp³-hybridized carbons (Fsp3) is 0.857. The van der Waals surface area contributed by atoms with E-state index in [-0.39, 0.29) is 0 Å². The Hall–Kier alpha value is -0.510. The van der Waals surface area contributed by atoms with Gasteiger partial charge in [0.2, 0.25) is 6.54 Å². The lowest BCUT2D eigenvalue weighted by Gasteiger charge is -1.97. The third kappa shape index (κ3) is 3.67. The van der Waals surface area contributed by atoms with Crippen molar-refractivity contribution in [1.82, 2.24) is 0 Å². The van der Waals surface area contributed by atoms with E-state index in [1.54, 1.807) is 0 Å². The van der Waals surface area contributed by atoms with E-state index < -0.39 is 0 Å². The van der Waals surface area contributed by atoms with E-state index in [9.17, 15) is 0 Å². The highest BCUT2D eigenvalue weighted by atomic mass is 14.6. The minimum absolute atomic E-state index is 0.609. The molecular weight excluding hydrogens is 98.1 g/mol. The molecule has 0 rings (SSSR count). The summed E-state index contributed by atoms with van der Waals surface area (Å²) >= 11 is 0. The van der Waals surface area contributed by atoms with Gasteiger partial charge in [0, 0.05) is 5.92 Å². The Labute approximate surface area is 51.5 Å². The molecule has 1 nitrogen and oxygen atoms in total. The predicted molar refractivity (Wildman–Crippen MR) is 35.5 cm³/mol. The van der Waals surface area contributed by atoms with Crippen LogP contribution in [0, 0.1) is 12.5 Å². The highest BCUT2D eigenvalue weighted by molar-refractivity contribution is 4.64. The smallest absolute Gasteiger partial charge is 0.217 e. The van der Waals surface area contributed by atoms with Crippen molar-refractivity contribution in [2.24, 2.45) is 5.92 Å². The van der Waals surface area contributed by atoms with Gasteiger partial charge < -0.3 is 4.85 Å². The molecule has 8 heavy (non-hydrogen) atoms. The Balaban J connectivity index is 3.08. The van der Waals surface area contributed by atoms with Gasteiger partial charge in [-0.25, -0.2) is 6.57 Å². The molecule has 1 unspecified atom stereocenters. The van der Waals surface area contributed by atoms with Crippen LogP contribution in [0.4, 0.5) is 0 Å². The van der Waals surface area contributed by atoms with Gasteiger partial charge in [0.15, 0.2) is 0 Å². The first-order chi connectivity index (χ1) is 3.81. The molecule has 0 aromatic heterocycles. The summed E-state index contributed by atoms with van der Waals surface area (Å²) in [5.74, 6) is 0.609. The first-order valence-corrected chi connectivity index (χ1v) is 3.14. The van der Waals surface area contributed by atoms with Crippen molar-refractivity contribution in [2.75, 3.05) is 6.54 Å². The van der Waals surface area contributed by atoms with E-state index >= 15 is 0 Å². The fourth-order valence-corrected chi connectivity index (χ4v) is 0.740. The highest BCUT2D eigenvalue weighted by Crippen LogP contribution is 2.03. The summed E-state index contributed by atoms with van der Waals surface area (Å²) in [6.45, 7) is 11.5. The molecule has 0 fully saturated rings. The number of rotatable bonds is 3. The quantitative estimate of drug-likeness (QED) is 0.492. The molecule has 1 atom stereocenters. The highest BCUT2D eigenvalue weighted by Gasteiger charge is 2.00. The molecular formula is C7H13N. The van der Waals surface area contributed by atoms with Crippen molar-refractivity contribution < 1.29 is 0 Å². The van der Waals surface area contributed by atoms with Crippen molar-refractivity contribution in [2.45, 2.75) is 26.7 Å². The Kier molecular flexibility index (Phi) is 4.35. The van der Waals surface area contributed by atoms with Crippen LogP contribution in [0.15, 0.2) is 0 Å². The van der Waals surface area contributed by atoms with Gasteiger partial charge in [-0.05, 0) is 6.42 Å². The first-order valence-electron chi connectivity index (χ1n) is 3.14. The minimum atomic E-state index is 0.609. The van der Waals surface area contributed by atoms with Crippen LogP contribution in [0.1, 0.15) is 26.7 Å². The van der Waals surface area contributed by atoms with E-state index in [1.807, 2.05) is 0 Å². The summed E-state index contributed by atoms with van der Waals surface area (Å²) in [5, 5.41) is 0. The topological polar surface area (TPSA) is 4.36 Å². The molecule has 0 aliphatic carbocycles. The van der Waals surface area contributed by atoms with Crippen molar-refractivity contribution in [3.63, 3.8) is 0 Å². The van der Waals surface area contributed by atoms with E-state index in [4.69, 9.17) is 6.57 Å². The van der Waals surface area contributed by atoms with Crippen molar-refractivity contribution in [3.8, 4) is 0 Å². The minimum Gasteiger partial charge on any atom is -0.317 e. The lowest BCUT2D eigenvalue weighted by atomic mass is 10.1. The van der Waals surface area contributed by atoms with E-state index in [0.29, 0.717) is 12.5 Å². The summed E-state index contributed by atoms with van der Waals surface area (Å²) in [6, 6.07) is 0. The van der Waals surface area contributed by atoms with Crippen molar-refractivity contribution >= 4 is 0 Å². The van der Waals surface area contributed by atoms with Crippen LogP contribution in [0.3, 0.4) is 0 Å². The third-order valence-corrected chi connectivity index (χ3v) is 1.18. The third-order valence-electron chi connectivity index (χ3n) is 1.18. The maximum Gasteiger partial charge on any atom is 0.217 e. The van der Waals surface area contributed by atoms with Gasteiger partial charge >= 0.3 is 0 Å². The summed E-state index contributed by atoms with van der Waals surface area (Å²) < 4.78 is 0. The Bertz CT molecular complexity index is 80.9. The molecule has 0 heterocycles. The molecule has 0 N–H and O–H groups in total. The maximum atomic E-state index is 6.54. The van der Waals surface area contributed by atoms with Gasteiger partial charge in [0.25, 0.3) is 0 Å². The molecule has 0 aliphatic rings. The van der Waals surface area contributed by atoms with Crippen LogP contribution in [0.5, 0.6) is 0 Å². The van der Waals surface area contributed by atoms with Crippen molar-refractivity contribution in [3.05, 3.63) is 11.4 Å². The van der Waals surface area contributed by atoms with Crippen LogP contribution >= 0.6 is 0 Å². The normalized spacial score (nSPS) is 12.6. The maximum absolute atomic E-state index is 6.54. The second-order valence-electron chi connectivity index (χ2n) is 2.23. The summed E-state index contributed by atoms with van der Waals surface area (Å²) in [5.41, 5.74) is 0. The van der Waals surface area contributed by atoms with Crippen LogP contribution in [-0.4, -0.2) is 6.54 Å². The lowest BCUT2D eigenvalue weighted by Crippen LogP contribution is -1.95. The molecule has 0 bridgehead atoms. The van der Waals surface area contributed by atoms with Crippen LogP contribution in [0.25, 0.3) is 4.85 Å². The van der Waals surface area contributed by atoms with Gasteiger partial charge in [0.1, 0.15) is 0 Å². The zero-order valence-corrected chi connectivity index (χ0v) is 5.65. The van der Waals surface area contributed by atoms with Crippen LogP contribution in [0.2, 0.25) is 0 Å². The molecule has 0 aromatic carbocycles. The van der Waals surface area contributed by atoms with Gasteiger partial charge in [-0.2, -0.15) is 0 Å². The van der Waals surface area contributed by atoms with Gasteiger partial charge in [-0.15, -0.1) is 0 Å². The summed E-state index contributed by atoms with van der Waals surface area (Å²) in [6.07, 6.45) is 2.40. The zero-order valence-electron chi connectivity index (χ0n) is 5.65. The predicted octanol–water partition coefficient (Wildman–Crippen LogP) is 2.34. The Morgan fingerprint density at radius 2 is 2.25 bits per heavy atom. The molecule has 0 saturated carbocycles. The molecule has 0 aromatic rings. The number of nitrogens with zero attached hydrogens (tertiary/aromatic N) is 1. The average molecular weight is 111 g/mol. The summed E-state index contributed by atoms with van der Waals surface area (Å²) in [7, 11) is 0. The van der Waals surface area contributed by atoms with Gasteiger partial charge in [-0.3, -0.25) is 0 Å². The molecule has 0 aliphatic heterocycles. The molecule has 0 saturated heterocycles. The Morgan fingerprint density at radius 3 is 2.62 bits per heavy atom. The van der Waals surface area contributed by atoms with Gasteiger partial charge in [0.05, 0.1) is 0 Å². The summed E-state index contributed by atoms with van der Waals surface area (Å²) in [4.78, 5) is 3.30.